The van der Waals surface area contributed by atoms with Gasteiger partial charge in [0.15, 0.2) is 0 Å². The Hall–Kier alpha value is -0.510. The summed E-state index contributed by atoms with van der Waals surface area (Å²) >= 11 is 0. The lowest BCUT2D eigenvalue weighted by atomic mass is 9.80. The summed E-state index contributed by atoms with van der Waals surface area (Å²) in [6.07, 6.45) is 1.03. The van der Waals surface area contributed by atoms with E-state index in [-0.39, 0.29) is 0 Å². The van der Waals surface area contributed by atoms with E-state index in [9.17, 15) is 0 Å². The quantitative estimate of drug-likeness (QED) is 0.518. The third-order valence-electron chi connectivity index (χ3n) is 2.15. The van der Waals surface area contributed by atoms with Gasteiger partial charge >= 0.3 is 0 Å². The van der Waals surface area contributed by atoms with Crippen LogP contribution in [0.15, 0.2) is 0 Å². The molecular weight excluding hydrogens is 122 g/mol. The lowest BCUT2D eigenvalue weighted by Gasteiger charge is -2.25. The van der Waals surface area contributed by atoms with E-state index in [0.29, 0.717) is 17.9 Å². The highest BCUT2D eigenvalue weighted by Crippen LogP contribution is 2.27. The molecule has 1 heteroatoms. The molecule has 10 heavy (non-hydrogen) atoms. The van der Waals surface area contributed by atoms with Gasteiger partial charge in [0, 0.05) is 6.42 Å². The first-order chi connectivity index (χ1) is 4.48. The van der Waals surface area contributed by atoms with Gasteiger partial charge in [-0.1, -0.05) is 27.7 Å². The fourth-order valence-electron chi connectivity index (χ4n) is 0.691. The number of hydrogen-bond acceptors (Lipinski definition) is 0. The summed E-state index contributed by atoms with van der Waals surface area (Å²) < 4.78 is 0. The van der Waals surface area contributed by atoms with Crippen molar-refractivity contribution in [1.29, 1.82) is 0 Å². The van der Waals surface area contributed by atoms with E-state index in [1.165, 1.54) is 0 Å². The molecule has 0 amide bonds. The predicted octanol–water partition coefficient (Wildman–Crippen LogP) is 2.98. The topological polar surface area (TPSA) is 4.36 Å². The van der Waals surface area contributed by atoms with Gasteiger partial charge in [0.2, 0.25) is 6.54 Å². The first kappa shape index (κ1) is 9.49. The normalized spacial score (nSPS) is 14.3. The molecule has 0 spiro atoms. The average molecular weight is 139 g/mol. The Kier molecular flexibility index (Phi) is 3.42. The largest absolute Gasteiger partial charge is 0.317 e. The molecule has 1 atom stereocenters. The molecule has 0 aromatic heterocycles. The molecule has 0 saturated carbocycles. The Morgan fingerprint density at radius 3 is 2.20 bits per heavy atom. The zero-order valence-electron chi connectivity index (χ0n) is 7.44. The highest BCUT2D eigenvalue weighted by Gasteiger charge is 2.19. The fourth-order valence-corrected chi connectivity index (χ4v) is 0.691. The molecule has 0 saturated heterocycles. The van der Waals surface area contributed by atoms with Crippen LogP contribution in [0.25, 0.3) is 4.85 Å². The maximum Gasteiger partial charge on any atom is 0.214 e. The van der Waals surface area contributed by atoms with Crippen molar-refractivity contribution in [3.63, 3.8) is 0 Å². The van der Waals surface area contributed by atoms with Gasteiger partial charge in [-0.25, -0.2) is 6.57 Å². The minimum Gasteiger partial charge on any atom is -0.317 e. The van der Waals surface area contributed by atoms with Crippen LogP contribution in [0.5, 0.6) is 0 Å². The maximum atomic E-state index is 6.63. The van der Waals surface area contributed by atoms with E-state index in [1.807, 2.05) is 0 Å². The van der Waals surface area contributed by atoms with Gasteiger partial charge in [-0.3, -0.25) is 0 Å². The van der Waals surface area contributed by atoms with Crippen LogP contribution in [-0.2, 0) is 0 Å². The molecule has 0 aromatic rings. The standard InChI is InChI=1S/C9H17N/c1-8(6-7-10-5)9(2,3)4/h8H,6-7H2,1-4H3. The molecule has 0 N–H and O–H groups in total. The number of hydrogen-bond donors (Lipinski definition) is 0. The maximum absolute atomic E-state index is 6.63. The Bertz CT molecular complexity index is 125. The van der Waals surface area contributed by atoms with Crippen molar-refractivity contribution in [2.75, 3.05) is 6.54 Å². The van der Waals surface area contributed by atoms with Crippen molar-refractivity contribution in [1.82, 2.24) is 0 Å². The molecule has 0 bridgehead atoms. The van der Waals surface area contributed by atoms with Crippen molar-refractivity contribution in [2.45, 2.75) is 34.1 Å². The van der Waals surface area contributed by atoms with E-state index in [4.69, 9.17) is 6.57 Å². The van der Waals surface area contributed by atoms with E-state index in [2.05, 4.69) is 32.5 Å². The second kappa shape index (κ2) is 3.61. The van der Waals surface area contributed by atoms with Crippen LogP contribution in [0, 0.1) is 17.9 Å². The molecular formula is C9H17N. The van der Waals surface area contributed by atoms with Crippen LogP contribution < -0.4 is 0 Å². The van der Waals surface area contributed by atoms with Crippen LogP contribution in [0.3, 0.4) is 0 Å². The van der Waals surface area contributed by atoms with Gasteiger partial charge in [0.1, 0.15) is 0 Å². The van der Waals surface area contributed by atoms with Gasteiger partial charge in [-0.15, -0.1) is 0 Å². The summed E-state index contributed by atoms with van der Waals surface area (Å²) in [5.74, 6) is 0.654. The summed E-state index contributed by atoms with van der Waals surface area (Å²) in [6, 6.07) is 0. The summed E-state index contributed by atoms with van der Waals surface area (Å²) in [7, 11) is 0. The Morgan fingerprint density at radius 2 is 1.90 bits per heavy atom. The molecule has 1 nitrogen and oxygen atoms in total. The second-order valence-electron chi connectivity index (χ2n) is 3.94. The zero-order chi connectivity index (χ0) is 8.20. The predicted molar refractivity (Wildman–Crippen MR) is 44.7 cm³/mol. The highest BCUT2D eigenvalue weighted by molar-refractivity contribution is 4.73. The van der Waals surface area contributed by atoms with Gasteiger partial charge in [0.05, 0.1) is 0 Å². The number of rotatable bonds is 2. The van der Waals surface area contributed by atoms with E-state index < -0.39 is 0 Å². The molecule has 0 aromatic carbocycles. The third kappa shape index (κ3) is 3.50. The summed E-state index contributed by atoms with van der Waals surface area (Å²) in [5.41, 5.74) is 0.366. The van der Waals surface area contributed by atoms with Crippen LogP contribution in [0.1, 0.15) is 34.1 Å². The fraction of sp³-hybridized carbons (Fsp3) is 0.889. The lowest BCUT2D eigenvalue weighted by Crippen LogP contribution is -2.17. The number of nitrogens with zero attached hydrogens (tertiary/aromatic N) is 1. The third-order valence-corrected chi connectivity index (χ3v) is 2.15. The molecule has 0 radical (unpaired) electrons. The molecule has 0 aliphatic heterocycles. The molecule has 0 aliphatic rings. The van der Waals surface area contributed by atoms with Gasteiger partial charge in [-0.05, 0) is 11.3 Å². The molecule has 0 rings (SSSR count). The van der Waals surface area contributed by atoms with E-state index in [1.54, 1.807) is 0 Å². The minimum absolute atomic E-state index is 0.366. The van der Waals surface area contributed by atoms with E-state index in [0.717, 1.165) is 6.42 Å². The van der Waals surface area contributed by atoms with Crippen molar-refractivity contribution in [2.24, 2.45) is 11.3 Å². The van der Waals surface area contributed by atoms with Crippen molar-refractivity contribution < 1.29 is 0 Å². The first-order valence-corrected chi connectivity index (χ1v) is 3.81. The molecule has 58 valence electrons. The average Bonchev–Trinajstić information content (AvgIpc) is 1.80. The van der Waals surface area contributed by atoms with Crippen molar-refractivity contribution >= 4 is 0 Å². The van der Waals surface area contributed by atoms with Gasteiger partial charge < -0.3 is 4.85 Å². The monoisotopic (exact) mass is 139 g/mol. The lowest BCUT2D eigenvalue weighted by molar-refractivity contribution is 0.253. The first-order valence-electron chi connectivity index (χ1n) is 3.81. The smallest absolute Gasteiger partial charge is 0.214 e. The van der Waals surface area contributed by atoms with Crippen LogP contribution in [-0.4, -0.2) is 6.54 Å². The highest BCUT2D eigenvalue weighted by atomic mass is 14.6. The van der Waals surface area contributed by atoms with Crippen LogP contribution >= 0.6 is 0 Å². The zero-order valence-corrected chi connectivity index (χ0v) is 7.44. The summed E-state index contributed by atoms with van der Waals surface area (Å²) in [4.78, 5) is 3.34. The summed E-state index contributed by atoms with van der Waals surface area (Å²) in [5, 5.41) is 0. The second-order valence-corrected chi connectivity index (χ2v) is 3.94. The molecule has 0 heterocycles. The molecule has 1 unspecified atom stereocenters. The summed E-state index contributed by atoms with van der Waals surface area (Å²) in [6.45, 7) is 16.2. The molecule has 0 aliphatic carbocycles. The van der Waals surface area contributed by atoms with Crippen LogP contribution in [0.4, 0.5) is 0 Å². The SMILES string of the molecule is [C-]#[N+]CCC(C)C(C)(C)C. The minimum atomic E-state index is 0.366. The Balaban J connectivity index is 3.65. The van der Waals surface area contributed by atoms with Crippen LogP contribution in [0.2, 0.25) is 0 Å². The molecule has 0 fully saturated rings. The Morgan fingerprint density at radius 1 is 1.40 bits per heavy atom. The van der Waals surface area contributed by atoms with Crippen molar-refractivity contribution in [3.8, 4) is 0 Å². The van der Waals surface area contributed by atoms with Crippen molar-refractivity contribution in [3.05, 3.63) is 11.4 Å². The Labute approximate surface area is 64.3 Å². The van der Waals surface area contributed by atoms with Gasteiger partial charge in [-0.2, -0.15) is 0 Å². The van der Waals surface area contributed by atoms with E-state index >= 15 is 0 Å². The van der Waals surface area contributed by atoms with Gasteiger partial charge in [0.25, 0.3) is 0 Å².